The normalized spacial score (nSPS) is 27.1. The summed E-state index contributed by atoms with van der Waals surface area (Å²) in [7, 11) is 0. The Labute approximate surface area is 135 Å². The summed E-state index contributed by atoms with van der Waals surface area (Å²) < 4.78 is 0. The molecule has 0 aliphatic carbocycles. The average molecular weight is 317 g/mol. The highest BCUT2D eigenvalue weighted by atomic mass is 16.3. The molecule has 23 heavy (non-hydrogen) atoms. The topological polar surface area (TPSA) is 81.7 Å². The summed E-state index contributed by atoms with van der Waals surface area (Å²) in [5.41, 5.74) is 3.72. The van der Waals surface area contributed by atoms with Crippen LogP contribution in [0.1, 0.15) is 23.1 Å². The predicted molar refractivity (Wildman–Crippen MR) is 85.7 cm³/mol. The zero-order valence-electron chi connectivity index (χ0n) is 13.5. The number of amides is 2. The van der Waals surface area contributed by atoms with Gasteiger partial charge in [-0.3, -0.25) is 9.59 Å². The number of rotatable bonds is 4. The summed E-state index contributed by atoms with van der Waals surface area (Å²) in [5, 5.41) is 15.2. The molecule has 124 valence electrons. The summed E-state index contributed by atoms with van der Waals surface area (Å²) in [4.78, 5) is 25.9. The molecule has 3 N–H and O–H groups in total. The lowest BCUT2D eigenvalue weighted by atomic mass is 10.1. The summed E-state index contributed by atoms with van der Waals surface area (Å²) in [6, 6.07) is 5.24. The van der Waals surface area contributed by atoms with E-state index in [1.165, 1.54) is 16.7 Å². The largest absolute Gasteiger partial charge is 0.394 e. The Hall–Kier alpha value is -1.92. The van der Waals surface area contributed by atoms with Gasteiger partial charge in [0.2, 0.25) is 11.8 Å². The number of aryl methyl sites for hydroxylation is 2. The van der Waals surface area contributed by atoms with Crippen molar-refractivity contribution in [1.82, 2.24) is 15.5 Å². The lowest BCUT2D eigenvalue weighted by molar-refractivity contribution is -0.148. The van der Waals surface area contributed by atoms with Crippen LogP contribution in [0.2, 0.25) is 0 Å². The smallest absolute Gasteiger partial charge is 0.248 e. The molecule has 0 radical (unpaired) electrons. The fraction of sp³-hybridized carbons (Fsp3) is 0.529. The van der Waals surface area contributed by atoms with E-state index in [4.69, 9.17) is 0 Å². The number of carbonyl (C=O) groups excluding carboxylic acids is 2. The molecule has 0 spiro atoms. The number of benzene rings is 1. The van der Waals surface area contributed by atoms with E-state index in [0.29, 0.717) is 19.5 Å². The van der Waals surface area contributed by atoms with E-state index in [1.807, 2.05) is 0 Å². The van der Waals surface area contributed by atoms with Gasteiger partial charge in [0.15, 0.2) is 0 Å². The Morgan fingerprint density at radius 2 is 2.09 bits per heavy atom. The molecule has 0 unspecified atom stereocenters. The molecule has 1 aromatic carbocycles. The molecule has 2 saturated heterocycles. The predicted octanol–water partition coefficient (Wildman–Crippen LogP) is -0.147. The maximum atomic E-state index is 12.2. The van der Waals surface area contributed by atoms with Gasteiger partial charge in [-0.1, -0.05) is 18.2 Å². The number of nitrogens with zero attached hydrogens (tertiary/aromatic N) is 1. The van der Waals surface area contributed by atoms with Gasteiger partial charge in [-0.25, -0.2) is 0 Å². The zero-order chi connectivity index (χ0) is 16.6. The number of fused-ring (bicyclic) bond motifs is 1. The van der Waals surface area contributed by atoms with E-state index in [0.717, 1.165) is 0 Å². The van der Waals surface area contributed by atoms with Crippen LogP contribution in [-0.4, -0.2) is 53.1 Å². The molecular formula is C17H23N3O3. The van der Waals surface area contributed by atoms with Crippen LogP contribution in [0.15, 0.2) is 18.2 Å². The van der Waals surface area contributed by atoms with Gasteiger partial charge in [-0.15, -0.1) is 0 Å². The second kappa shape index (κ2) is 6.29. The van der Waals surface area contributed by atoms with E-state index in [9.17, 15) is 14.7 Å². The summed E-state index contributed by atoms with van der Waals surface area (Å²) >= 11 is 0. The molecule has 1 aromatic rings. The van der Waals surface area contributed by atoms with Gasteiger partial charge in [0.05, 0.1) is 6.61 Å². The van der Waals surface area contributed by atoms with Crippen LogP contribution in [0.4, 0.5) is 0 Å². The molecule has 6 heteroatoms. The third-order valence-corrected chi connectivity index (χ3v) is 4.85. The van der Waals surface area contributed by atoms with Crippen molar-refractivity contribution in [2.45, 2.75) is 44.9 Å². The van der Waals surface area contributed by atoms with Crippen LogP contribution in [0.5, 0.6) is 0 Å². The van der Waals surface area contributed by atoms with E-state index in [2.05, 4.69) is 42.7 Å². The van der Waals surface area contributed by atoms with Crippen molar-refractivity contribution in [3.05, 3.63) is 34.9 Å². The first-order chi connectivity index (χ1) is 11.0. The van der Waals surface area contributed by atoms with Crippen LogP contribution >= 0.6 is 0 Å². The molecule has 2 heterocycles. The molecule has 2 amide bonds. The monoisotopic (exact) mass is 317 g/mol. The first-order valence-electron chi connectivity index (χ1n) is 8.01. The minimum absolute atomic E-state index is 0.0914. The van der Waals surface area contributed by atoms with Crippen molar-refractivity contribution < 1.29 is 14.7 Å². The quantitative estimate of drug-likeness (QED) is 0.721. The molecule has 6 nitrogen and oxygen atoms in total. The Kier molecular flexibility index (Phi) is 4.37. The van der Waals surface area contributed by atoms with Crippen molar-refractivity contribution in [1.29, 1.82) is 0 Å². The van der Waals surface area contributed by atoms with E-state index in [-0.39, 0.29) is 24.5 Å². The first kappa shape index (κ1) is 16.0. The summed E-state index contributed by atoms with van der Waals surface area (Å²) in [6.07, 6.45) is 0.612. The molecule has 2 aliphatic rings. The van der Waals surface area contributed by atoms with Gasteiger partial charge < -0.3 is 20.6 Å². The SMILES string of the molecule is Cc1ccc(CN[C@H]2C[C@H]3C(=O)N[C@H](CO)C(=O)N3C2)cc1C. The molecular weight excluding hydrogens is 294 g/mol. The average Bonchev–Trinajstić information content (AvgIpc) is 2.97. The lowest BCUT2D eigenvalue weighted by Gasteiger charge is -2.33. The molecule has 0 saturated carbocycles. The fourth-order valence-electron chi connectivity index (χ4n) is 3.31. The van der Waals surface area contributed by atoms with Gasteiger partial charge >= 0.3 is 0 Å². The number of carbonyl (C=O) groups is 2. The van der Waals surface area contributed by atoms with Gasteiger partial charge in [0.25, 0.3) is 0 Å². The number of hydrogen-bond acceptors (Lipinski definition) is 4. The van der Waals surface area contributed by atoms with Gasteiger partial charge in [-0.05, 0) is 37.0 Å². The highest BCUT2D eigenvalue weighted by molar-refractivity contribution is 5.97. The Balaban J connectivity index is 1.62. The molecule has 2 aliphatic heterocycles. The number of piperazine rings is 1. The Morgan fingerprint density at radius 3 is 2.78 bits per heavy atom. The number of hydrogen-bond donors (Lipinski definition) is 3. The maximum absolute atomic E-state index is 12.2. The molecule has 3 rings (SSSR count). The van der Waals surface area contributed by atoms with Crippen molar-refractivity contribution in [3.8, 4) is 0 Å². The Morgan fingerprint density at radius 1 is 1.30 bits per heavy atom. The standard InChI is InChI=1S/C17H23N3O3/c1-10-3-4-12(5-11(10)2)7-18-13-6-15-16(22)19-14(9-21)17(23)20(15)8-13/h3-5,13-15,18,21H,6-9H2,1-2H3,(H,19,22)/t13-,14+,15-/m0/s1. The van der Waals surface area contributed by atoms with Gasteiger partial charge in [0, 0.05) is 19.1 Å². The van der Waals surface area contributed by atoms with E-state index in [1.54, 1.807) is 4.90 Å². The maximum Gasteiger partial charge on any atom is 0.248 e. The molecule has 0 bridgehead atoms. The van der Waals surface area contributed by atoms with Crippen LogP contribution in [0, 0.1) is 13.8 Å². The zero-order valence-corrected chi connectivity index (χ0v) is 13.5. The summed E-state index contributed by atoms with van der Waals surface area (Å²) in [6.45, 7) is 5.05. The van der Waals surface area contributed by atoms with Crippen LogP contribution < -0.4 is 10.6 Å². The third kappa shape index (κ3) is 3.09. The summed E-state index contributed by atoms with van der Waals surface area (Å²) in [5.74, 6) is -0.355. The Bertz CT molecular complexity index is 632. The van der Waals surface area contributed by atoms with Crippen LogP contribution in [0.3, 0.4) is 0 Å². The molecule has 0 aromatic heterocycles. The number of nitrogens with one attached hydrogen (secondary N) is 2. The fourth-order valence-corrected chi connectivity index (χ4v) is 3.31. The van der Waals surface area contributed by atoms with Crippen molar-refractivity contribution in [2.24, 2.45) is 0 Å². The third-order valence-electron chi connectivity index (χ3n) is 4.85. The minimum Gasteiger partial charge on any atom is -0.394 e. The minimum atomic E-state index is -0.794. The van der Waals surface area contributed by atoms with Crippen molar-refractivity contribution in [3.63, 3.8) is 0 Å². The highest BCUT2D eigenvalue weighted by Crippen LogP contribution is 2.23. The van der Waals surface area contributed by atoms with Gasteiger partial charge in [0.1, 0.15) is 12.1 Å². The highest BCUT2D eigenvalue weighted by Gasteiger charge is 2.45. The second-order valence-electron chi connectivity index (χ2n) is 6.48. The van der Waals surface area contributed by atoms with Crippen LogP contribution in [-0.2, 0) is 16.1 Å². The van der Waals surface area contributed by atoms with Crippen molar-refractivity contribution in [2.75, 3.05) is 13.2 Å². The lowest BCUT2D eigenvalue weighted by Crippen LogP contribution is -2.62. The van der Waals surface area contributed by atoms with Crippen LogP contribution in [0.25, 0.3) is 0 Å². The molecule has 3 atom stereocenters. The number of aliphatic hydroxyl groups excluding tert-OH is 1. The van der Waals surface area contributed by atoms with E-state index < -0.39 is 12.1 Å². The van der Waals surface area contributed by atoms with E-state index >= 15 is 0 Å². The van der Waals surface area contributed by atoms with Crippen molar-refractivity contribution >= 4 is 11.8 Å². The van der Waals surface area contributed by atoms with Gasteiger partial charge in [-0.2, -0.15) is 0 Å². The second-order valence-corrected chi connectivity index (χ2v) is 6.48. The molecule has 2 fully saturated rings. The first-order valence-corrected chi connectivity index (χ1v) is 8.01. The number of aliphatic hydroxyl groups is 1.